The number of rotatable bonds is 4. The van der Waals surface area contributed by atoms with Crippen molar-refractivity contribution in [2.75, 3.05) is 6.26 Å². The first kappa shape index (κ1) is 16.2. The molecule has 0 saturated carbocycles. The van der Waals surface area contributed by atoms with Crippen molar-refractivity contribution in [1.82, 2.24) is 0 Å². The van der Waals surface area contributed by atoms with E-state index in [2.05, 4.69) is 15.9 Å². The summed E-state index contributed by atoms with van der Waals surface area (Å²) in [6.45, 7) is 0. The molecule has 2 aromatic carbocycles. The van der Waals surface area contributed by atoms with E-state index < -0.39 is 11.6 Å². The Balaban J connectivity index is 2.52. The van der Waals surface area contributed by atoms with Gasteiger partial charge in [-0.05, 0) is 30.5 Å². The molecule has 0 aliphatic rings. The summed E-state index contributed by atoms with van der Waals surface area (Å²) in [5.74, 6) is -2.03. The minimum absolute atomic E-state index is 0.130. The van der Waals surface area contributed by atoms with Gasteiger partial charge in [-0.2, -0.15) is 4.39 Å². The summed E-state index contributed by atoms with van der Waals surface area (Å²) in [6, 6.07) is 7.52. The minimum Gasteiger partial charge on any atom is -0.453 e. The summed E-state index contributed by atoms with van der Waals surface area (Å²) in [5.41, 5.74) is 6.20. The van der Waals surface area contributed by atoms with Gasteiger partial charge in [-0.3, -0.25) is 0 Å². The summed E-state index contributed by atoms with van der Waals surface area (Å²) < 4.78 is 33.0. The molecule has 0 unspecified atom stereocenters. The van der Waals surface area contributed by atoms with Crippen LogP contribution in [0.15, 0.2) is 39.7 Å². The molecule has 2 aromatic rings. The Hall–Kier alpha value is -1.18. The first-order chi connectivity index (χ1) is 9.93. The highest BCUT2D eigenvalue weighted by Crippen LogP contribution is 2.34. The van der Waals surface area contributed by atoms with Gasteiger partial charge in [-0.15, -0.1) is 11.8 Å². The smallest absolute Gasteiger partial charge is 0.201 e. The number of halogens is 3. The van der Waals surface area contributed by atoms with Crippen LogP contribution < -0.4 is 10.5 Å². The molecule has 0 heterocycles. The third-order valence-corrected chi connectivity index (χ3v) is 4.08. The molecule has 0 atom stereocenters. The van der Waals surface area contributed by atoms with Crippen molar-refractivity contribution in [1.29, 1.82) is 0 Å². The fourth-order valence-electron chi connectivity index (χ4n) is 1.73. The van der Waals surface area contributed by atoms with E-state index in [9.17, 15) is 8.78 Å². The van der Waals surface area contributed by atoms with Crippen LogP contribution in [0.25, 0.3) is 0 Å². The van der Waals surface area contributed by atoms with Crippen LogP contribution in [0.3, 0.4) is 0 Å². The van der Waals surface area contributed by atoms with E-state index in [0.717, 1.165) is 11.0 Å². The molecule has 2 N–H and O–H groups in total. The zero-order valence-electron chi connectivity index (χ0n) is 10.8. The average Bonchev–Trinajstić information content (AvgIpc) is 2.43. The summed E-state index contributed by atoms with van der Waals surface area (Å²) in [7, 11) is 0. The highest BCUT2D eigenvalue weighted by molar-refractivity contribution is 9.10. The van der Waals surface area contributed by atoms with E-state index in [0.29, 0.717) is 10.0 Å². The number of nitrogens with two attached hydrogens (primary N) is 1. The lowest BCUT2D eigenvalue weighted by atomic mass is 10.2. The molecule has 21 heavy (non-hydrogen) atoms. The van der Waals surface area contributed by atoms with Crippen LogP contribution in [0.4, 0.5) is 8.78 Å². The minimum atomic E-state index is -1.07. The van der Waals surface area contributed by atoms with Crippen LogP contribution >= 0.6 is 39.9 Å². The number of thiocarbonyl (C=S) groups is 1. The van der Waals surface area contributed by atoms with E-state index in [1.54, 1.807) is 12.1 Å². The lowest BCUT2D eigenvalue weighted by Gasteiger charge is -2.14. The van der Waals surface area contributed by atoms with Gasteiger partial charge in [0.2, 0.25) is 5.82 Å². The maximum absolute atomic E-state index is 13.8. The molecule has 0 bridgehead atoms. The average molecular weight is 390 g/mol. The second-order valence-corrected chi connectivity index (χ2v) is 6.20. The lowest BCUT2D eigenvalue weighted by Crippen LogP contribution is -2.12. The van der Waals surface area contributed by atoms with Gasteiger partial charge in [0.05, 0.1) is 5.56 Å². The van der Waals surface area contributed by atoms with Gasteiger partial charge in [0, 0.05) is 9.37 Å². The van der Waals surface area contributed by atoms with E-state index in [-0.39, 0.29) is 16.5 Å². The topological polar surface area (TPSA) is 35.2 Å². The predicted octanol–water partition coefficient (Wildman–Crippen LogP) is 4.88. The van der Waals surface area contributed by atoms with Gasteiger partial charge >= 0.3 is 0 Å². The third kappa shape index (κ3) is 3.53. The Kier molecular flexibility index (Phi) is 5.18. The molecule has 0 amide bonds. The second-order valence-electron chi connectivity index (χ2n) is 4.00. The fraction of sp³-hybridized carbons (Fsp3) is 0.0714. The third-order valence-electron chi connectivity index (χ3n) is 2.63. The zero-order valence-corrected chi connectivity index (χ0v) is 14.0. The van der Waals surface area contributed by atoms with Crippen LogP contribution in [-0.2, 0) is 0 Å². The molecule has 7 heteroatoms. The SMILES string of the molecule is CSc1cccc(Oc2cc(Br)cc(F)c2F)c1C(N)=S. The Bertz CT molecular complexity index is 710. The summed E-state index contributed by atoms with van der Waals surface area (Å²) >= 11 is 9.54. The van der Waals surface area contributed by atoms with Crippen molar-refractivity contribution in [2.45, 2.75) is 4.90 Å². The maximum atomic E-state index is 13.8. The van der Waals surface area contributed by atoms with Gasteiger partial charge < -0.3 is 10.5 Å². The molecule has 0 aliphatic heterocycles. The summed E-state index contributed by atoms with van der Waals surface area (Å²) in [5, 5.41) is 0. The number of ether oxygens (including phenoxy) is 1. The van der Waals surface area contributed by atoms with Crippen molar-refractivity contribution in [3.8, 4) is 11.5 Å². The van der Waals surface area contributed by atoms with E-state index in [1.165, 1.54) is 17.8 Å². The van der Waals surface area contributed by atoms with Gasteiger partial charge in [-0.1, -0.05) is 34.2 Å². The summed E-state index contributed by atoms with van der Waals surface area (Å²) in [6.07, 6.45) is 1.86. The number of hydrogen-bond acceptors (Lipinski definition) is 3. The molecule has 0 saturated heterocycles. The Morgan fingerprint density at radius 2 is 2.00 bits per heavy atom. The standard InChI is InChI=1S/C14H10BrF2NOS2/c1-21-11-4-2-3-9(12(11)14(18)20)19-10-6-7(15)5-8(16)13(10)17/h2-6H,1H3,(H2,18,20). The maximum Gasteiger partial charge on any atom is 0.201 e. The monoisotopic (exact) mass is 389 g/mol. The zero-order chi connectivity index (χ0) is 15.6. The molecular weight excluding hydrogens is 380 g/mol. The second kappa shape index (κ2) is 6.72. The van der Waals surface area contributed by atoms with E-state index in [1.807, 2.05) is 12.3 Å². The highest BCUT2D eigenvalue weighted by atomic mass is 79.9. The summed E-state index contributed by atoms with van der Waals surface area (Å²) in [4.78, 5) is 0.932. The van der Waals surface area contributed by atoms with Crippen molar-refractivity contribution in [3.05, 3.63) is 52.0 Å². The lowest BCUT2D eigenvalue weighted by molar-refractivity contribution is 0.414. The normalized spacial score (nSPS) is 10.5. The van der Waals surface area contributed by atoms with Crippen LogP contribution in [0.5, 0.6) is 11.5 Å². The predicted molar refractivity (Wildman–Crippen MR) is 88.2 cm³/mol. The van der Waals surface area contributed by atoms with Crippen LogP contribution in [0.1, 0.15) is 5.56 Å². The fourth-order valence-corrected chi connectivity index (χ4v) is 3.05. The van der Waals surface area contributed by atoms with Crippen LogP contribution in [0.2, 0.25) is 0 Å². The van der Waals surface area contributed by atoms with E-state index in [4.69, 9.17) is 22.7 Å². The molecular formula is C14H10BrF2NOS2. The van der Waals surface area contributed by atoms with Gasteiger partial charge in [0.25, 0.3) is 0 Å². The van der Waals surface area contributed by atoms with Gasteiger partial charge in [-0.25, -0.2) is 4.39 Å². The van der Waals surface area contributed by atoms with Gasteiger partial charge in [0.1, 0.15) is 10.7 Å². The molecule has 0 spiro atoms. The quantitative estimate of drug-likeness (QED) is 0.459. The van der Waals surface area contributed by atoms with Crippen molar-refractivity contribution in [3.63, 3.8) is 0 Å². The molecule has 110 valence electrons. The molecule has 0 aliphatic carbocycles. The number of hydrogen-bond donors (Lipinski definition) is 1. The number of benzene rings is 2. The Labute approximate surface area is 138 Å². The van der Waals surface area contributed by atoms with Crippen molar-refractivity contribution < 1.29 is 13.5 Å². The number of thioether (sulfide) groups is 1. The molecule has 0 aromatic heterocycles. The Morgan fingerprint density at radius 1 is 1.29 bits per heavy atom. The van der Waals surface area contributed by atoms with Crippen molar-refractivity contribution >= 4 is 44.9 Å². The molecule has 0 radical (unpaired) electrons. The first-order valence-corrected chi connectivity index (χ1v) is 8.16. The van der Waals surface area contributed by atoms with Crippen LogP contribution in [0, 0.1) is 11.6 Å². The molecule has 0 fully saturated rings. The molecule has 2 rings (SSSR count). The van der Waals surface area contributed by atoms with Crippen molar-refractivity contribution in [2.24, 2.45) is 5.73 Å². The Morgan fingerprint density at radius 3 is 2.62 bits per heavy atom. The van der Waals surface area contributed by atoms with Gasteiger partial charge in [0.15, 0.2) is 11.6 Å². The molecule has 2 nitrogen and oxygen atoms in total. The highest BCUT2D eigenvalue weighted by Gasteiger charge is 2.17. The first-order valence-electron chi connectivity index (χ1n) is 5.73. The van der Waals surface area contributed by atoms with E-state index >= 15 is 0 Å². The largest absolute Gasteiger partial charge is 0.453 e. The van der Waals surface area contributed by atoms with Crippen LogP contribution in [-0.4, -0.2) is 11.2 Å².